The normalized spacial score (nSPS) is 10.8. The van der Waals surface area contributed by atoms with Crippen LogP contribution in [-0.4, -0.2) is 16.4 Å². The molecule has 1 aromatic carbocycles. The van der Waals surface area contributed by atoms with Gasteiger partial charge in [0.1, 0.15) is 18.2 Å². The molecule has 0 aliphatic rings. The second kappa shape index (κ2) is 5.58. The van der Waals surface area contributed by atoms with Crippen molar-refractivity contribution < 1.29 is 4.74 Å². The molecule has 0 aliphatic carbocycles. The molecule has 0 unspecified atom stereocenters. The molecule has 0 amide bonds. The van der Waals surface area contributed by atoms with Gasteiger partial charge in [-0.25, -0.2) is 0 Å². The molecule has 0 bridgehead atoms. The summed E-state index contributed by atoms with van der Waals surface area (Å²) >= 11 is 0. The molecule has 4 heteroatoms. The van der Waals surface area contributed by atoms with Gasteiger partial charge in [0, 0.05) is 6.20 Å². The van der Waals surface area contributed by atoms with Gasteiger partial charge in [0.15, 0.2) is 0 Å². The Balaban J connectivity index is 1.88. The molecule has 2 N–H and O–H groups in total. The highest BCUT2D eigenvalue weighted by Gasteiger charge is 2.01. The molecule has 96 valence electrons. The molecule has 4 nitrogen and oxygen atoms in total. The first-order chi connectivity index (χ1) is 8.65. The van der Waals surface area contributed by atoms with Gasteiger partial charge >= 0.3 is 0 Å². The van der Waals surface area contributed by atoms with E-state index < -0.39 is 0 Å². The average molecular weight is 245 g/mol. The SMILES string of the molecule is CC(C)c1cccc(OCCn2ccc(N)n2)c1. The highest BCUT2D eigenvalue weighted by atomic mass is 16.5. The molecule has 18 heavy (non-hydrogen) atoms. The summed E-state index contributed by atoms with van der Waals surface area (Å²) in [4.78, 5) is 0. The summed E-state index contributed by atoms with van der Waals surface area (Å²) < 4.78 is 7.49. The highest BCUT2D eigenvalue weighted by Crippen LogP contribution is 2.20. The Labute approximate surface area is 107 Å². The van der Waals surface area contributed by atoms with E-state index in [1.165, 1.54) is 5.56 Å². The number of rotatable bonds is 5. The van der Waals surface area contributed by atoms with Crippen LogP contribution in [-0.2, 0) is 6.54 Å². The van der Waals surface area contributed by atoms with Crippen molar-refractivity contribution in [2.75, 3.05) is 12.3 Å². The molecule has 0 saturated carbocycles. The van der Waals surface area contributed by atoms with Gasteiger partial charge < -0.3 is 10.5 Å². The van der Waals surface area contributed by atoms with Gasteiger partial charge in [0.2, 0.25) is 0 Å². The molecule has 2 rings (SSSR count). The first-order valence-corrected chi connectivity index (χ1v) is 6.17. The summed E-state index contributed by atoms with van der Waals surface area (Å²) in [7, 11) is 0. The maximum atomic E-state index is 5.71. The smallest absolute Gasteiger partial charge is 0.145 e. The van der Waals surface area contributed by atoms with Crippen LogP contribution in [0.15, 0.2) is 36.5 Å². The lowest BCUT2D eigenvalue weighted by molar-refractivity contribution is 0.291. The van der Waals surface area contributed by atoms with Gasteiger partial charge in [0.25, 0.3) is 0 Å². The molecule has 0 spiro atoms. The zero-order chi connectivity index (χ0) is 13.0. The Morgan fingerprint density at radius 3 is 2.83 bits per heavy atom. The van der Waals surface area contributed by atoms with Crippen LogP contribution in [0.25, 0.3) is 0 Å². The molecular formula is C14H19N3O. The molecule has 0 radical (unpaired) electrons. The standard InChI is InChI=1S/C14H19N3O/c1-11(2)12-4-3-5-13(10-12)18-9-8-17-7-6-14(15)16-17/h3-7,10-11H,8-9H2,1-2H3,(H2,15,16). The number of ether oxygens (including phenoxy) is 1. The summed E-state index contributed by atoms with van der Waals surface area (Å²) in [5.41, 5.74) is 6.83. The Hall–Kier alpha value is -1.97. The van der Waals surface area contributed by atoms with Crippen molar-refractivity contribution in [1.82, 2.24) is 9.78 Å². The van der Waals surface area contributed by atoms with Crippen LogP contribution < -0.4 is 10.5 Å². The third kappa shape index (κ3) is 3.26. The molecule has 0 aliphatic heterocycles. The van der Waals surface area contributed by atoms with Gasteiger partial charge in [-0.2, -0.15) is 5.10 Å². The first kappa shape index (κ1) is 12.5. The van der Waals surface area contributed by atoms with E-state index in [2.05, 4.69) is 31.1 Å². The fraction of sp³-hybridized carbons (Fsp3) is 0.357. The van der Waals surface area contributed by atoms with E-state index in [-0.39, 0.29) is 0 Å². The van der Waals surface area contributed by atoms with Crippen molar-refractivity contribution in [2.45, 2.75) is 26.3 Å². The van der Waals surface area contributed by atoms with Crippen molar-refractivity contribution in [2.24, 2.45) is 0 Å². The van der Waals surface area contributed by atoms with Crippen LogP contribution in [0.1, 0.15) is 25.3 Å². The summed E-state index contributed by atoms with van der Waals surface area (Å²) in [5.74, 6) is 1.96. The molecular weight excluding hydrogens is 226 g/mol. The molecule has 2 aromatic rings. The van der Waals surface area contributed by atoms with Crippen LogP contribution in [0.5, 0.6) is 5.75 Å². The van der Waals surface area contributed by atoms with E-state index in [0.717, 1.165) is 5.75 Å². The third-order valence-corrected chi connectivity index (χ3v) is 2.78. The summed E-state index contributed by atoms with van der Waals surface area (Å²) in [6.45, 7) is 5.63. The average Bonchev–Trinajstić information content (AvgIpc) is 2.75. The topological polar surface area (TPSA) is 53.1 Å². The lowest BCUT2D eigenvalue weighted by Gasteiger charge is -2.10. The summed E-state index contributed by atoms with van der Waals surface area (Å²) in [6.07, 6.45) is 1.85. The largest absolute Gasteiger partial charge is 0.492 e. The number of hydrogen-bond donors (Lipinski definition) is 1. The first-order valence-electron chi connectivity index (χ1n) is 6.17. The molecule has 1 heterocycles. The Bertz CT molecular complexity index is 505. The number of nitrogens with two attached hydrogens (primary N) is 1. The van der Waals surface area contributed by atoms with E-state index in [1.807, 2.05) is 18.3 Å². The minimum absolute atomic E-state index is 0.513. The number of benzene rings is 1. The lowest BCUT2D eigenvalue weighted by atomic mass is 10.0. The van der Waals surface area contributed by atoms with E-state index in [4.69, 9.17) is 10.5 Å². The van der Waals surface area contributed by atoms with Crippen LogP contribution in [0.4, 0.5) is 5.82 Å². The minimum atomic E-state index is 0.513. The van der Waals surface area contributed by atoms with Crippen LogP contribution >= 0.6 is 0 Å². The van der Waals surface area contributed by atoms with Crippen LogP contribution in [0.3, 0.4) is 0 Å². The molecule has 0 saturated heterocycles. The number of nitrogen functional groups attached to an aromatic ring is 1. The second-order valence-electron chi connectivity index (χ2n) is 4.58. The van der Waals surface area contributed by atoms with E-state index >= 15 is 0 Å². The minimum Gasteiger partial charge on any atom is -0.492 e. The molecule has 1 aromatic heterocycles. The monoisotopic (exact) mass is 245 g/mol. The fourth-order valence-electron chi connectivity index (χ4n) is 1.72. The lowest BCUT2D eigenvalue weighted by Crippen LogP contribution is -2.09. The number of hydrogen-bond acceptors (Lipinski definition) is 3. The number of anilines is 1. The van der Waals surface area contributed by atoms with Crippen molar-refractivity contribution in [3.05, 3.63) is 42.1 Å². The maximum Gasteiger partial charge on any atom is 0.145 e. The van der Waals surface area contributed by atoms with Gasteiger partial charge in [0.05, 0.1) is 6.54 Å². The Kier molecular flexibility index (Phi) is 3.87. The van der Waals surface area contributed by atoms with E-state index in [1.54, 1.807) is 10.7 Å². The van der Waals surface area contributed by atoms with Crippen molar-refractivity contribution in [1.29, 1.82) is 0 Å². The number of aromatic nitrogens is 2. The van der Waals surface area contributed by atoms with Crippen LogP contribution in [0.2, 0.25) is 0 Å². The highest BCUT2D eigenvalue weighted by molar-refractivity contribution is 5.30. The predicted octanol–water partition coefficient (Wildman–Crippen LogP) is 2.67. The zero-order valence-corrected chi connectivity index (χ0v) is 10.8. The zero-order valence-electron chi connectivity index (χ0n) is 10.8. The van der Waals surface area contributed by atoms with Crippen molar-refractivity contribution >= 4 is 5.82 Å². The van der Waals surface area contributed by atoms with Crippen LogP contribution in [0, 0.1) is 0 Å². The van der Waals surface area contributed by atoms with Gasteiger partial charge in [-0.15, -0.1) is 0 Å². The summed E-state index contributed by atoms with van der Waals surface area (Å²) in [5, 5.41) is 4.10. The predicted molar refractivity (Wildman–Crippen MR) is 72.7 cm³/mol. The van der Waals surface area contributed by atoms with E-state index in [0.29, 0.717) is 24.9 Å². The van der Waals surface area contributed by atoms with Crippen molar-refractivity contribution in [3.63, 3.8) is 0 Å². The Morgan fingerprint density at radius 1 is 1.33 bits per heavy atom. The quantitative estimate of drug-likeness (QED) is 0.881. The van der Waals surface area contributed by atoms with Gasteiger partial charge in [-0.1, -0.05) is 26.0 Å². The third-order valence-electron chi connectivity index (χ3n) is 2.78. The fourth-order valence-corrected chi connectivity index (χ4v) is 1.72. The van der Waals surface area contributed by atoms with Crippen molar-refractivity contribution in [3.8, 4) is 5.75 Å². The van der Waals surface area contributed by atoms with Gasteiger partial charge in [-0.05, 0) is 29.7 Å². The van der Waals surface area contributed by atoms with E-state index in [9.17, 15) is 0 Å². The maximum absolute atomic E-state index is 5.71. The second-order valence-corrected chi connectivity index (χ2v) is 4.58. The Morgan fingerprint density at radius 2 is 2.17 bits per heavy atom. The molecule has 0 fully saturated rings. The summed E-state index contributed by atoms with van der Waals surface area (Å²) in [6, 6.07) is 9.98. The van der Waals surface area contributed by atoms with Gasteiger partial charge in [-0.3, -0.25) is 4.68 Å². The molecule has 0 atom stereocenters. The number of nitrogens with zero attached hydrogens (tertiary/aromatic N) is 2.